The second-order valence-electron chi connectivity index (χ2n) is 6.31. The van der Waals surface area contributed by atoms with E-state index in [0.29, 0.717) is 31.2 Å². The molecular weight excluding hydrogens is 228 g/mol. The summed E-state index contributed by atoms with van der Waals surface area (Å²) in [6, 6.07) is 0. The molecule has 0 heterocycles. The molecular formula is C14H30N2O2. The number of rotatable bonds is 9. The quantitative estimate of drug-likeness (QED) is 0.664. The highest BCUT2D eigenvalue weighted by Gasteiger charge is 2.38. The maximum Gasteiger partial charge on any atom is 0.323 e. The smallest absolute Gasteiger partial charge is 0.323 e. The molecule has 0 fully saturated rings. The van der Waals surface area contributed by atoms with Crippen LogP contribution in [0.3, 0.4) is 0 Å². The fourth-order valence-electron chi connectivity index (χ4n) is 2.39. The normalized spacial score (nSPS) is 12.7. The van der Waals surface area contributed by atoms with Crippen LogP contribution in [0.4, 0.5) is 0 Å². The highest BCUT2D eigenvalue weighted by atomic mass is 16.4. The summed E-state index contributed by atoms with van der Waals surface area (Å²) in [4.78, 5) is 13.8. The number of hydrogen-bond acceptors (Lipinski definition) is 3. The molecule has 2 N–H and O–H groups in total. The lowest BCUT2D eigenvalue weighted by molar-refractivity contribution is -0.146. The van der Waals surface area contributed by atoms with E-state index in [1.807, 2.05) is 14.1 Å². The molecule has 0 aromatic carbocycles. The number of nitrogens with zero attached hydrogens (tertiary/aromatic N) is 1. The van der Waals surface area contributed by atoms with Crippen LogP contribution in [-0.4, -0.2) is 48.7 Å². The van der Waals surface area contributed by atoms with Gasteiger partial charge < -0.3 is 15.3 Å². The Kier molecular flexibility index (Phi) is 7.48. The number of carboxylic acids is 1. The van der Waals surface area contributed by atoms with Crippen LogP contribution in [0.2, 0.25) is 0 Å². The van der Waals surface area contributed by atoms with E-state index in [1.165, 1.54) is 0 Å². The molecule has 0 aliphatic rings. The maximum absolute atomic E-state index is 11.7. The SMILES string of the molecule is CC(C)CC(CC(C)C)(NCCN(C)C)C(=O)O. The van der Waals surface area contributed by atoms with E-state index in [-0.39, 0.29) is 0 Å². The van der Waals surface area contributed by atoms with Gasteiger partial charge >= 0.3 is 5.97 Å². The number of carbonyl (C=O) groups is 1. The zero-order valence-corrected chi connectivity index (χ0v) is 12.8. The molecule has 0 aromatic rings. The first-order valence-electron chi connectivity index (χ1n) is 6.82. The van der Waals surface area contributed by atoms with Gasteiger partial charge in [0.1, 0.15) is 5.54 Å². The van der Waals surface area contributed by atoms with Gasteiger partial charge in [-0.05, 0) is 38.8 Å². The Morgan fingerprint density at radius 3 is 1.89 bits per heavy atom. The average Bonchev–Trinajstić information content (AvgIpc) is 2.13. The van der Waals surface area contributed by atoms with Crippen molar-refractivity contribution in [3.8, 4) is 0 Å². The van der Waals surface area contributed by atoms with Crippen molar-refractivity contribution >= 4 is 5.97 Å². The first kappa shape index (κ1) is 17.4. The van der Waals surface area contributed by atoms with Crippen LogP contribution >= 0.6 is 0 Å². The Hall–Kier alpha value is -0.610. The summed E-state index contributed by atoms with van der Waals surface area (Å²) in [5, 5.41) is 12.9. The Bertz CT molecular complexity index is 240. The minimum Gasteiger partial charge on any atom is -0.480 e. The Labute approximate surface area is 112 Å². The lowest BCUT2D eigenvalue weighted by atomic mass is 9.82. The molecule has 4 nitrogen and oxygen atoms in total. The van der Waals surface area contributed by atoms with E-state index in [0.717, 1.165) is 6.54 Å². The van der Waals surface area contributed by atoms with Crippen LogP contribution in [0, 0.1) is 11.8 Å². The van der Waals surface area contributed by atoms with Crippen molar-refractivity contribution in [2.24, 2.45) is 11.8 Å². The monoisotopic (exact) mass is 258 g/mol. The molecule has 0 aromatic heterocycles. The number of nitrogens with one attached hydrogen (secondary N) is 1. The van der Waals surface area contributed by atoms with Gasteiger partial charge in [-0.15, -0.1) is 0 Å². The second-order valence-corrected chi connectivity index (χ2v) is 6.31. The first-order chi connectivity index (χ1) is 8.19. The van der Waals surface area contributed by atoms with Crippen molar-refractivity contribution in [1.82, 2.24) is 10.2 Å². The maximum atomic E-state index is 11.7. The molecule has 0 unspecified atom stereocenters. The van der Waals surface area contributed by atoms with Gasteiger partial charge in [0.25, 0.3) is 0 Å². The molecule has 0 amide bonds. The van der Waals surface area contributed by atoms with Gasteiger partial charge in [-0.25, -0.2) is 0 Å². The van der Waals surface area contributed by atoms with Crippen molar-refractivity contribution in [3.05, 3.63) is 0 Å². The summed E-state index contributed by atoms with van der Waals surface area (Å²) in [5.74, 6) is 0.0158. The predicted octanol–water partition coefficient (Wildman–Crippen LogP) is 2.05. The molecule has 108 valence electrons. The number of likely N-dealkylation sites (N-methyl/N-ethyl adjacent to an activating group) is 1. The van der Waals surface area contributed by atoms with E-state index in [2.05, 4.69) is 37.9 Å². The topological polar surface area (TPSA) is 52.6 Å². The Balaban J connectivity index is 4.77. The molecule has 0 bridgehead atoms. The van der Waals surface area contributed by atoms with Crippen LogP contribution < -0.4 is 5.32 Å². The largest absolute Gasteiger partial charge is 0.480 e. The third kappa shape index (κ3) is 6.36. The Morgan fingerprint density at radius 1 is 1.17 bits per heavy atom. The van der Waals surface area contributed by atoms with Crippen molar-refractivity contribution in [3.63, 3.8) is 0 Å². The lowest BCUT2D eigenvalue weighted by Gasteiger charge is -2.34. The number of carboxylic acid groups (broad SMARTS) is 1. The summed E-state index contributed by atoms with van der Waals surface area (Å²) in [6.45, 7) is 9.86. The molecule has 0 spiro atoms. The van der Waals surface area contributed by atoms with E-state index < -0.39 is 11.5 Å². The number of aliphatic carboxylic acids is 1. The molecule has 0 aliphatic carbocycles. The highest BCUT2D eigenvalue weighted by Crippen LogP contribution is 2.25. The molecule has 0 rings (SSSR count). The average molecular weight is 258 g/mol. The van der Waals surface area contributed by atoms with Crippen LogP contribution in [0.1, 0.15) is 40.5 Å². The first-order valence-corrected chi connectivity index (χ1v) is 6.82. The van der Waals surface area contributed by atoms with E-state index >= 15 is 0 Å². The van der Waals surface area contributed by atoms with Crippen LogP contribution in [0.5, 0.6) is 0 Å². The van der Waals surface area contributed by atoms with Gasteiger partial charge in [0.15, 0.2) is 0 Å². The zero-order chi connectivity index (χ0) is 14.3. The summed E-state index contributed by atoms with van der Waals surface area (Å²) < 4.78 is 0. The van der Waals surface area contributed by atoms with Crippen LogP contribution in [0.25, 0.3) is 0 Å². The summed E-state index contributed by atoms with van der Waals surface area (Å²) >= 11 is 0. The summed E-state index contributed by atoms with van der Waals surface area (Å²) in [5.41, 5.74) is -0.779. The zero-order valence-electron chi connectivity index (χ0n) is 12.8. The van der Waals surface area contributed by atoms with Crippen molar-refractivity contribution < 1.29 is 9.90 Å². The summed E-state index contributed by atoms with van der Waals surface area (Å²) in [7, 11) is 3.99. The van der Waals surface area contributed by atoms with E-state index in [9.17, 15) is 9.90 Å². The molecule has 4 heteroatoms. The predicted molar refractivity (Wildman–Crippen MR) is 75.8 cm³/mol. The van der Waals surface area contributed by atoms with E-state index in [4.69, 9.17) is 0 Å². The third-order valence-corrected chi connectivity index (χ3v) is 2.95. The van der Waals surface area contributed by atoms with Crippen molar-refractivity contribution in [2.45, 2.75) is 46.1 Å². The van der Waals surface area contributed by atoms with Gasteiger partial charge in [0.05, 0.1) is 0 Å². The molecule has 0 saturated carbocycles. The molecule has 0 radical (unpaired) electrons. The van der Waals surface area contributed by atoms with Gasteiger partial charge in [-0.1, -0.05) is 27.7 Å². The lowest BCUT2D eigenvalue weighted by Crippen LogP contribution is -2.55. The standard InChI is InChI=1S/C14H30N2O2/c1-11(2)9-14(13(17)18,10-12(3)4)15-7-8-16(5)6/h11-12,15H,7-10H2,1-6H3,(H,17,18). The van der Waals surface area contributed by atoms with Gasteiger partial charge in [0, 0.05) is 13.1 Å². The fourth-order valence-corrected chi connectivity index (χ4v) is 2.39. The van der Waals surface area contributed by atoms with Gasteiger partial charge in [-0.3, -0.25) is 4.79 Å². The van der Waals surface area contributed by atoms with Crippen molar-refractivity contribution in [1.29, 1.82) is 0 Å². The molecule has 0 aliphatic heterocycles. The Morgan fingerprint density at radius 2 is 1.61 bits per heavy atom. The minimum absolute atomic E-state index is 0.367. The van der Waals surface area contributed by atoms with Gasteiger partial charge in [-0.2, -0.15) is 0 Å². The molecule has 18 heavy (non-hydrogen) atoms. The third-order valence-electron chi connectivity index (χ3n) is 2.95. The van der Waals surface area contributed by atoms with Crippen LogP contribution in [-0.2, 0) is 4.79 Å². The molecule has 0 atom stereocenters. The fraction of sp³-hybridized carbons (Fsp3) is 0.929. The minimum atomic E-state index is -0.779. The molecule has 0 saturated heterocycles. The summed E-state index contributed by atoms with van der Waals surface area (Å²) in [6.07, 6.45) is 1.35. The van der Waals surface area contributed by atoms with Crippen molar-refractivity contribution in [2.75, 3.05) is 27.2 Å². The van der Waals surface area contributed by atoms with E-state index in [1.54, 1.807) is 0 Å². The van der Waals surface area contributed by atoms with Gasteiger partial charge in [0.2, 0.25) is 0 Å². The highest BCUT2D eigenvalue weighted by molar-refractivity contribution is 5.78. The number of hydrogen-bond donors (Lipinski definition) is 2. The van der Waals surface area contributed by atoms with Crippen LogP contribution in [0.15, 0.2) is 0 Å². The second kappa shape index (κ2) is 7.74.